The Bertz CT molecular complexity index is 547. The Morgan fingerprint density at radius 2 is 1.42 bits per heavy atom. The Morgan fingerprint density at radius 3 is 1.89 bits per heavy atom. The molecule has 19 heavy (non-hydrogen) atoms. The smallest absolute Gasteiger partial charge is 0.315 e. The van der Waals surface area contributed by atoms with Crippen molar-refractivity contribution in [2.24, 2.45) is 0 Å². The Kier molecular flexibility index (Phi) is 3.95. The van der Waals surface area contributed by atoms with E-state index in [2.05, 4.69) is 18.8 Å². The van der Waals surface area contributed by atoms with Crippen molar-refractivity contribution in [3.8, 4) is 0 Å². The van der Waals surface area contributed by atoms with Gasteiger partial charge in [-0.2, -0.15) is 0 Å². The first-order valence-corrected chi connectivity index (χ1v) is 6.32. The molecule has 1 heterocycles. The van der Waals surface area contributed by atoms with Crippen molar-refractivity contribution in [3.05, 3.63) is 65.5 Å². The van der Waals surface area contributed by atoms with E-state index in [0.717, 1.165) is 11.1 Å². The van der Waals surface area contributed by atoms with E-state index in [1.165, 1.54) is 5.56 Å². The van der Waals surface area contributed by atoms with E-state index in [1.807, 2.05) is 24.3 Å². The maximum atomic E-state index is 11.5. The summed E-state index contributed by atoms with van der Waals surface area (Å²) in [7, 11) is 0. The molecule has 0 spiro atoms. The molecule has 0 saturated heterocycles. The van der Waals surface area contributed by atoms with Gasteiger partial charge in [-0.05, 0) is 34.7 Å². The Labute approximate surface area is 112 Å². The molecular formula is C16H17NO2. The third-order valence-corrected chi connectivity index (χ3v) is 3.22. The van der Waals surface area contributed by atoms with Gasteiger partial charge in [0.2, 0.25) is 0 Å². The number of nitrogens with zero attached hydrogens (tertiary/aromatic N) is 1. The molecule has 1 aromatic carbocycles. The van der Waals surface area contributed by atoms with Crippen molar-refractivity contribution in [2.75, 3.05) is 0 Å². The molecule has 0 amide bonds. The van der Waals surface area contributed by atoms with Gasteiger partial charge in [-0.25, -0.2) is 0 Å². The van der Waals surface area contributed by atoms with Crippen LogP contribution in [0.4, 0.5) is 0 Å². The van der Waals surface area contributed by atoms with Crippen LogP contribution in [0.3, 0.4) is 0 Å². The van der Waals surface area contributed by atoms with Crippen LogP contribution in [0.25, 0.3) is 0 Å². The average Bonchev–Trinajstić information content (AvgIpc) is 2.40. The average molecular weight is 255 g/mol. The molecule has 0 radical (unpaired) electrons. The predicted octanol–water partition coefficient (Wildman–Crippen LogP) is 3.42. The predicted molar refractivity (Wildman–Crippen MR) is 74.2 cm³/mol. The number of rotatable bonds is 4. The van der Waals surface area contributed by atoms with Gasteiger partial charge >= 0.3 is 5.97 Å². The topological polar surface area (TPSA) is 50.2 Å². The first kappa shape index (κ1) is 13.3. The van der Waals surface area contributed by atoms with E-state index in [-0.39, 0.29) is 0 Å². The fourth-order valence-corrected chi connectivity index (χ4v) is 2.11. The van der Waals surface area contributed by atoms with Crippen molar-refractivity contribution >= 4 is 5.97 Å². The summed E-state index contributed by atoms with van der Waals surface area (Å²) in [5, 5.41) is 9.44. The highest BCUT2D eigenvalue weighted by Crippen LogP contribution is 2.26. The fourth-order valence-electron chi connectivity index (χ4n) is 2.11. The maximum absolute atomic E-state index is 11.5. The third-order valence-electron chi connectivity index (χ3n) is 3.22. The molecule has 0 aliphatic rings. The number of benzene rings is 1. The number of aliphatic carboxylic acids is 1. The number of pyridine rings is 1. The van der Waals surface area contributed by atoms with Crippen LogP contribution in [0.2, 0.25) is 0 Å². The molecule has 0 fully saturated rings. The molecule has 0 bridgehead atoms. The monoisotopic (exact) mass is 255 g/mol. The van der Waals surface area contributed by atoms with Crippen LogP contribution in [-0.4, -0.2) is 16.1 Å². The Hall–Kier alpha value is -2.16. The van der Waals surface area contributed by atoms with Crippen LogP contribution in [0.15, 0.2) is 48.8 Å². The molecule has 2 rings (SSSR count). The molecule has 1 unspecified atom stereocenters. The number of carbonyl (C=O) groups is 1. The lowest BCUT2D eigenvalue weighted by Gasteiger charge is -2.14. The number of carboxylic acids is 1. The number of hydrogen-bond donors (Lipinski definition) is 1. The minimum atomic E-state index is -0.844. The lowest BCUT2D eigenvalue weighted by Crippen LogP contribution is -2.13. The highest BCUT2D eigenvalue weighted by molar-refractivity contribution is 5.80. The summed E-state index contributed by atoms with van der Waals surface area (Å²) in [6.45, 7) is 4.24. The first-order chi connectivity index (χ1) is 9.09. The standard InChI is InChI=1S/C16H17NO2/c1-11(2)12-3-5-13(6-4-12)15(16(18)19)14-7-9-17-10-8-14/h3-11,15H,1-2H3,(H,18,19). The van der Waals surface area contributed by atoms with Gasteiger partial charge < -0.3 is 5.11 Å². The summed E-state index contributed by atoms with van der Waals surface area (Å²) in [5.41, 5.74) is 2.76. The summed E-state index contributed by atoms with van der Waals surface area (Å²) in [6, 6.07) is 11.3. The second-order valence-corrected chi connectivity index (χ2v) is 4.87. The second-order valence-electron chi connectivity index (χ2n) is 4.87. The summed E-state index contributed by atoms with van der Waals surface area (Å²) >= 11 is 0. The molecule has 1 atom stereocenters. The highest BCUT2D eigenvalue weighted by atomic mass is 16.4. The third kappa shape index (κ3) is 2.99. The van der Waals surface area contributed by atoms with Crippen LogP contribution in [0.1, 0.15) is 42.4 Å². The van der Waals surface area contributed by atoms with E-state index < -0.39 is 11.9 Å². The van der Waals surface area contributed by atoms with E-state index >= 15 is 0 Å². The molecule has 0 saturated carbocycles. The number of hydrogen-bond acceptors (Lipinski definition) is 2. The maximum Gasteiger partial charge on any atom is 0.315 e. The zero-order valence-corrected chi connectivity index (χ0v) is 11.1. The van der Waals surface area contributed by atoms with Gasteiger partial charge in [-0.15, -0.1) is 0 Å². The van der Waals surface area contributed by atoms with Gasteiger partial charge in [0.15, 0.2) is 0 Å². The largest absolute Gasteiger partial charge is 0.481 e. The van der Waals surface area contributed by atoms with Crippen LogP contribution in [-0.2, 0) is 4.79 Å². The lowest BCUT2D eigenvalue weighted by molar-refractivity contribution is -0.137. The van der Waals surface area contributed by atoms with Crippen LogP contribution in [0, 0.1) is 0 Å². The zero-order chi connectivity index (χ0) is 13.8. The molecular weight excluding hydrogens is 238 g/mol. The summed E-state index contributed by atoms with van der Waals surface area (Å²) in [6.07, 6.45) is 3.24. The van der Waals surface area contributed by atoms with Gasteiger partial charge in [0.25, 0.3) is 0 Å². The minimum Gasteiger partial charge on any atom is -0.481 e. The van der Waals surface area contributed by atoms with E-state index in [1.54, 1.807) is 24.5 Å². The van der Waals surface area contributed by atoms with E-state index in [4.69, 9.17) is 0 Å². The van der Waals surface area contributed by atoms with Crippen molar-refractivity contribution in [2.45, 2.75) is 25.7 Å². The van der Waals surface area contributed by atoms with Crippen molar-refractivity contribution in [3.63, 3.8) is 0 Å². The van der Waals surface area contributed by atoms with Gasteiger partial charge in [0.1, 0.15) is 5.92 Å². The second kappa shape index (κ2) is 5.65. The minimum absolute atomic E-state index is 0.443. The van der Waals surface area contributed by atoms with E-state index in [9.17, 15) is 9.90 Å². The first-order valence-electron chi connectivity index (χ1n) is 6.32. The molecule has 0 aliphatic carbocycles. The molecule has 3 heteroatoms. The van der Waals surface area contributed by atoms with Crippen LogP contribution < -0.4 is 0 Å². The molecule has 98 valence electrons. The summed E-state index contributed by atoms with van der Waals surface area (Å²) < 4.78 is 0. The Balaban J connectivity index is 2.38. The van der Waals surface area contributed by atoms with Crippen LogP contribution >= 0.6 is 0 Å². The fraction of sp³-hybridized carbons (Fsp3) is 0.250. The van der Waals surface area contributed by atoms with E-state index in [0.29, 0.717) is 5.92 Å². The number of aromatic nitrogens is 1. The van der Waals surface area contributed by atoms with Gasteiger partial charge in [-0.1, -0.05) is 38.1 Å². The molecule has 3 nitrogen and oxygen atoms in total. The normalized spacial score (nSPS) is 12.4. The quantitative estimate of drug-likeness (QED) is 0.910. The highest BCUT2D eigenvalue weighted by Gasteiger charge is 2.21. The zero-order valence-electron chi connectivity index (χ0n) is 11.1. The van der Waals surface area contributed by atoms with Gasteiger partial charge in [0, 0.05) is 12.4 Å². The molecule has 1 aromatic heterocycles. The molecule has 0 aliphatic heterocycles. The number of carboxylic acid groups (broad SMARTS) is 1. The molecule has 2 aromatic rings. The van der Waals surface area contributed by atoms with Gasteiger partial charge in [-0.3, -0.25) is 9.78 Å². The summed E-state index contributed by atoms with van der Waals surface area (Å²) in [4.78, 5) is 15.4. The Morgan fingerprint density at radius 1 is 0.947 bits per heavy atom. The summed E-state index contributed by atoms with van der Waals surface area (Å²) in [5.74, 6) is -1.04. The van der Waals surface area contributed by atoms with Crippen molar-refractivity contribution in [1.82, 2.24) is 4.98 Å². The lowest BCUT2D eigenvalue weighted by atomic mass is 9.90. The van der Waals surface area contributed by atoms with Crippen molar-refractivity contribution in [1.29, 1.82) is 0 Å². The van der Waals surface area contributed by atoms with Crippen molar-refractivity contribution < 1.29 is 9.90 Å². The van der Waals surface area contributed by atoms with Crippen LogP contribution in [0.5, 0.6) is 0 Å². The van der Waals surface area contributed by atoms with Gasteiger partial charge in [0.05, 0.1) is 0 Å². The molecule has 1 N–H and O–H groups in total. The SMILES string of the molecule is CC(C)c1ccc(C(C(=O)O)c2ccncc2)cc1.